The fourth-order valence-electron chi connectivity index (χ4n) is 3.04. The number of amides is 1. The molecule has 1 amide bonds. The van der Waals surface area contributed by atoms with Crippen LogP contribution in [0.2, 0.25) is 5.02 Å². The molecule has 3 rings (SSSR count). The van der Waals surface area contributed by atoms with Gasteiger partial charge in [-0.3, -0.25) is 14.2 Å². The van der Waals surface area contributed by atoms with E-state index in [-0.39, 0.29) is 15.5 Å². The first-order chi connectivity index (χ1) is 15.3. The molecule has 1 heterocycles. The second-order valence-corrected chi connectivity index (χ2v) is 9.18. The number of nitrogens with one attached hydrogen (secondary N) is 2. The number of sulfonamides is 1. The molecule has 0 aliphatic rings. The van der Waals surface area contributed by atoms with Crippen LogP contribution < -0.4 is 14.8 Å². The minimum absolute atomic E-state index is 0.0590. The maximum absolute atomic E-state index is 12.8. The fourth-order valence-corrected chi connectivity index (χ4v) is 4.32. The second-order valence-electron chi connectivity index (χ2n) is 7.09. The van der Waals surface area contributed by atoms with E-state index in [1.54, 1.807) is 35.1 Å². The SMILES string of the molecule is CCOc1ccc(NS(=O)(=O)c2ccc(Cl)c(C(=O)NCCCc3cnn(C)c3)c2)cc1. The van der Waals surface area contributed by atoms with Crippen molar-refractivity contribution < 1.29 is 17.9 Å². The van der Waals surface area contributed by atoms with Crippen LogP contribution in [0.15, 0.2) is 59.8 Å². The van der Waals surface area contributed by atoms with Crippen molar-refractivity contribution in [1.82, 2.24) is 15.1 Å². The summed E-state index contributed by atoms with van der Waals surface area (Å²) in [6.07, 6.45) is 5.18. The Kier molecular flexibility index (Phi) is 7.76. The molecule has 32 heavy (non-hydrogen) atoms. The zero-order valence-electron chi connectivity index (χ0n) is 17.8. The van der Waals surface area contributed by atoms with Crippen LogP contribution in [0.3, 0.4) is 0 Å². The molecule has 0 bridgehead atoms. The third kappa shape index (κ3) is 6.24. The van der Waals surface area contributed by atoms with Crippen molar-refractivity contribution in [3.8, 4) is 5.75 Å². The van der Waals surface area contributed by atoms with Gasteiger partial charge in [0, 0.05) is 25.5 Å². The summed E-state index contributed by atoms with van der Waals surface area (Å²) in [6, 6.07) is 10.6. The molecule has 0 saturated carbocycles. The first-order valence-corrected chi connectivity index (χ1v) is 12.0. The summed E-state index contributed by atoms with van der Waals surface area (Å²) in [7, 11) is -2.06. The van der Waals surface area contributed by atoms with Crippen LogP contribution in [-0.4, -0.2) is 37.3 Å². The highest BCUT2D eigenvalue weighted by Crippen LogP contribution is 2.23. The van der Waals surface area contributed by atoms with E-state index in [4.69, 9.17) is 16.3 Å². The highest BCUT2D eigenvalue weighted by molar-refractivity contribution is 7.92. The number of nitrogens with zero attached hydrogens (tertiary/aromatic N) is 2. The van der Waals surface area contributed by atoms with Gasteiger partial charge in [-0.25, -0.2) is 8.42 Å². The molecule has 0 radical (unpaired) electrons. The van der Waals surface area contributed by atoms with Gasteiger partial charge in [-0.1, -0.05) is 11.6 Å². The van der Waals surface area contributed by atoms with Crippen LogP contribution in [0.25, 0.3) is 0 Å². The van der Waals surface area contributed by atoms with Gasteiger partial charge in [0.05, 0.1) is 28.3 Å². The summed E-state index contributed by atoms with van der Waals surface area (Å²) in [5.41, 5.74) is 1.56. The van der Waals surface area contributed by atoms with E-state index < -0.39 is 15.9 Å². The molecular formula is C22H25ClN4O4S. The largest absolute Gasteiger partial charge is 0.494 e. The highest BCUT2D eigenvalue weighted by Gasteiger charge is 2.19. The van der Waals surface area contributed by atoms with E-state index >= 15 is 0 Å². The summed E-state index contributed by atoms with van der Waals surface area (Å²) in [4.78, 5) is 12.5. The summed E-state index contributed by atoms with van der Waals surface area (Å²) in [5, 5.41) is 7.07. The number of hydrogen-bond donors (Lipinski definition) is 2. The lowest BCUT2D eigenvalue weighted by molar-refractivity contribution is 0.0953. The van der Waals surface area contributed by atoms with Crippen LogP contribution in [0.4, 0.5) is 5.69 Å². The molecule has 0 spiro atoms. The number of carbonyl (C=O) groups is 1. The summed E-state index contributed by atoms with van der Waals surface area (Å²) >= 11 is 6.16. The lowest BCUT2D eigenvalue weighted by Crippen LogP contribution is -2.25. The van der Waals surface area contributed by atoms with Crippen molar-refractivity contribution in [3.05, 3.63) is 71.0 Å². The smallest absolute Gasteiger partial charge is 0.261 e. The number of rotatable bonds is 10. The molecule has 0 aliphatic carbocycles. The number of aromatic nitrogens is 2. The van der Waals surface area contributed by atoms with E-state index in [1.807, 2.05) is 20.2 Å². The number of halogens is 1. The lowest BCUT2D eigenvalue weighted by atomic mass is 10.2. The molecule has 0 fully saturated rings. The number of ether oxygens (including phenoxy) is 1. The van der Waals surface area contributed by atoms with E-state index in [0.717, 1.165) is 12.0 Å². The number of aryl methyl sites for hydroxylation is 2. The van der Waals surface area contributed by atoms with Crippen LogP contribution in [-0.2, 0) is 23.5 Å². The predicted octanol–water partition coefficient (Wildman–Crippen LogP) is 3.64. The topological polar surface area (TPSA) is 102 Å². The van der Waals surface area contributed by atoms with Crippen molar-refractivity contribution in [3.63, 3.8) is 0 Å². The summed E-state index contributed by atoms with van der Waals surface area (Å²) < 4.78 is 35.2. The third-order valence-corrected chi connectivity index (χ3v) is 6.30. The average Bonchev–Trinajstić information content (AvgIpc) is 3.17. The van der Waals surface area contributed by atoms with Gasteiger partial charge in [-0.2, -0.15) is 5.10 Å². The van der Waals surface area contributed by atoms with E-state index in [1.165, 1.54) is 18.2 Å². The molecule has 170 valence electrons. The minimum atomic E-state index is -3.91. The minimum Gasteiger partial charge on any atom is -0.494 e. The Balaban J connectivity index is 1.64. The number of anilines is 1. The first-order valence-electron chi connectivity index (χ1n) is 10.1. The quantitative estimate of drug-likeness (QED) is 0.435. The van der Waals surface area contributed by atoms with Gasteiger partial charge in [-0.15, -0.1) is 0 Å². The number of carbonyl (C=O) groups excluding carboxylic acids is 1. The normalized spacial score (nSPS) is 11.2. The van der Waals surface area contributed by atoms with Gasteiger partial charge in [0.1, 0.15) is 5.75 Å². The van der Waals surface area contributed by atoms with Crippen molar-refractivity contribution in [2.45, 2.75) is 24.7 Å². The molecule has 0 unspecified atom stereocenters. The van der Waals surface area contributed by atoms with Crippen LogP contribution in [0.5, 0.6) is 5.75 Å². The van der Waals surface area contributed by atoms with Crippen LogP contribution in [0, 0.1) is 0 Å². The first kappa shape index (κ1) is 23.6. The van der Waals surface area contributed by atoms with Crippen molar-refractivity contribution >= 4 is 33.2 Å². The Hall–Kier alpha value is -3.04. The van der Waals surface area contributed by atoms with Gasteiger partial charge in [-0.05, 0) is 67.8 Å². The van der Waals surface area contributed by atoms with Crippen molar-refractivity contribution in [2.24, 2.45) is 7.05 Å². The maximum Gasteiger partial charge on any atom is 0.261 e. The molecule has 2 N–H and O–H groups in total. The van der Waals surface area contributed by atoms with E-state index in [0.29, 0.717) is 31.0 Å². The van der Waals surface area contributed by atoms with Crippen molar-refractivity contribution in [1.29, 1.82) is 0 Å². The van der Waals surface area contributed by atoms with Gasteiger partial charge in [0.25, 0.3) is 15.9 Å². The Labute approximate surface area is 192 Å². The molecule has 0 atom stereocenters. The predicted molar refractivity (Wildman–Crippen MR) is 124 cm³/mol. The molecule has 0 saturated heterocycles. The molecule has 0 aliphatic heterocycles. The molecule has 8 nitrogen and oxygen atoms in total. The average molecular weight is 477 g/mol. The third-order valence-electron chi connectivity index (χ3n) is 4.60. The zero-order valence-corrected chi connectivity index (χ0v) is 19.4. The lowest BCUT2D eigenvalue weighted by Gasteiger charge is -2.12. The Morgan fingerprint density at radius 1 is 1.19 bits per heavy atom. The molecule has 2 aromatic carbocycles. The second kappa shape index (κ2) is 10.5. The fraction of sp³-hybridized carbons (Fsp3) is 0.273. The number of hydrogen-bond acceptors (Lipinski definition) is 5. The monoisotopic (exact) mass is 476 g/mol. The van der Waals surface area contributed by atoms with Gasteiger partial charge in [0.15, 0.2) is 0 Å². The zero-order chi connectivity index (χ0) is 23.1. The molecular weight excluding hydrogens is 452 g/mol. The van der Waals surface area contributed by atoms with Crippen LogP contribution in [0.1, 0.15) is 29.3 Å². The Morgan fingerprint density at radius 3 is 2.59 bits per heavy atom. The Morgan fingerprint density at radius 2 is 1.94 bits per heavy atom. The standard InChI is InChI=1S/C22H25ClN4O4S/c1-3-31-18-8-6-17(7-9-18)26-32(29,30)19-10-11-21(23)20(13-19)22(28)24-12-4-5-16-14-25-27(2)15-16/h6-11,13-15,26H,3-5,12H2,1-2H3,(H,24,28). The highest BCUT2D eigenvalue weighted by atomic mass is 35.5. The number of benzene rings is 2. The van der Waals surface area contributed by atoms with E-state index in [2.05, 4.69) is 15.1 Å². The van der Waals surface area contributed by atoms with Gasteiger partial charge >= 0.3 is 0 Å². The van der Waals surface area contributed by atoms with Crippen LogP contribution >= 0.6 is 11.6 Å². The van der Waals surface area contributed by atoms with Crippen molar-refractivity contribution in [2.75, 3.05) is 17.9 Å². The summed E-state index contributed by atoms with van der Waals surface area (Å²) in [5.74, 6) is 0.212. The maximum atomic E-state index is 12.8. The summed E-state index contributed by atoms with van der Waals surface area (Å²) in [6.45, 7) is 2.81. The van der Waals surface area contributed by atoms with Gasteiger partial charge in [0.2, 0.25) is 0 Å². The Bertz CT molecular complexity index is 1180. The van der Waals surface area contributed by atoms with Gasteiger partial charge < -0.3 is 10.1 Å². The van der Waals surface area contributed by atoms with E-state index in [9.17, 15) is 13.2 Å². The molecule has 10 heteroatoms. The molecule has 1 aromatic heterocycles. The molecule has 3 aromatic rings.